The average Bonchev–Trinajstić information content (AvgIpc) is 2.42. The van der Waals surface area contributed by atoms with Crippen LogP contribution < -0.4 is 10.1 Å². The van der Waals surface area contributed by atoms with Crippen molar-refractivity contribution in [1.82, 2.24) is 0 Å². The van der Waals surface area contributed by atoms with E-state index in [-0.39, 0.29) is 11.9 Å². The van der Waals surface area contributed by atoms with Gasteiger partial charge in [-0.2, -0.15) is 0 Å². The average molecular weight is 263 g/mol. The van der Waals surface area contributed by atoms with Crippen LogP contribution in [0.15, 0.2) is 24.3 Å². The lowest BCUT2D eigenvalue weighted by atomic mass is 10.1. The van der Waals surface area contributed by atoms with Crippen LogP contribution in [0, 0.1) is 5.92 Å². The molecule has 19 heavy (non-hydrogen) atoms. The minimum Gasteiger partial charge on any atom is -0.424 e. The van der Waals surface area contributed by atoms with Gasteiger partial charge in [-0.3, -0.25) is 4.79 Å². The van der Waals surface area contributed by atoms with Crippen molar-refractivity contribution in [3.8, 4) is 5.75 Å². The van der Waals surface area contributed by atoms with Crippen LogP contribution in [0.3, 0.4) is 0 Å². The number of carbonyl (C=O) groups excluding carboxylic acids is 1. The number of nitrogens with one attached hydrogen (secondary N) is 1. The summed E-state index contributed by atoms with van der Waals surface area (Å²) in [6.07, 6.45) is 1.96. The van der Waals surface area contributed by atoms with E-state index in [0.717, 1.165) is 31.7 Å². The molecule has 1 N–H and O–H groups in total. The Labute approximate surface area is 114 Å². The largest absolute Gasteiger partial charge is 0.424 e. The molecule has 0 aromatic heterocycles. The summed E-state index contributed by atoms with van der Waals surface area (Å²) in [7, 11) is 0. The van der Waals surface area contributed by atoms with Crippen molar-refractivity contribution < 1.29 is 14.3 Å². The maximum atomic E-state index is 11.7. The van der Waals surface area contributed by atoms with Crippen molar-refractivity contribution in [2.45, 2.75) is 32.7 Å². The van der Waals surface area contributed by atoms with Gasteiger partial charge in [0.25, 0.3) is 0 Å². The summed E-state index contributed by atoms with van der Waals surface area (Å²) in [5.41, 5.74) is 0.878. The number of hydrogen-bond donors (Lipinski definition) is 1. The van der Waals surface area contributed by atoms with E-state index in [0.29, 0.717) is 11.8 Å². The molecule has 0 unspecified atom stereocenters. The summed E-state index contributed by atoms with van der Waals surface area (Å²) in [6.45, 7) is 5.23. The van der Waals surface area contributed by atoms with Crippen LogP contribution in [0.1, 0.15) is 26.7 Å². The lowest BCUT2D eigenvalue weighted by Crippen LogP contribution is -2.28. The second-order valence-electron chi connectivity index (χ2n) is 5.10. The Morgan fingerprint density at radius 3 is 2.68 bits per heavy atom. The predicted molar refractivity (Wildman–Crippen MR) is 74.4 cm³/mol. The molecule has 0 spiro atoms. The summed E-state index contributed by atoms with van der Waals surface area (Å²) in [5.74, 6) is 0.269. The number of ether oxygens (including phenoxy) is 2. The molecule has 1 heterocycles. The smallest absolute Gasteiger partial charge is 0.313 e. The van der Waals surface area contributed by atoms with Crippen LogP contribution in [-0.2, 0) is 9.53 Å². The molecule has 0 saturated carbocycles. The Morgan fingerprint density at radius 1 is 1.32 bits per heavy atom. The third-order valence-electron chi connectivity index (χ3n) is 3.15. The molecule has 0 atom stereocenters. The maximum Gasteiger partial charge on any atom is 0.313 e. The zero-order chi connectivity index (χ0) is 13.7. The first-order chi connectivity index (χ1) is 9.16. The summed E-state index contributed by atoms with van der Waals surface area (Å²) < 4.78 is 10.8. The highest BCUT2D eigenvalue weighted by atomic mass is 16.5. The van der Waals surface area contributed by atoms with Crippen LogP contribution in [0.5, 0.6) is 5.75 Å². The van der Waals surface area contributed by atoms with E-state index in [1.54, 1.807) is 0 Å². The lowest BCUT2D eigenvalue weighted by molar-refractivity contribution is -0.137. The molecule has 0 bridgehead atoms. The van der Waals surface area contributed by atoms with Gasteiger partial charge in [-0.05, 0) is 25.0 Å². The molecule has 4 heteroatoms. The number of rotatable bonds is 4. The molecule has 2 rings (SSSR count). The van der Waals surface area contributed by atoms with Gasteiger partial charge in [0.1, 0.15) is 0 Å². The molecule has 1 aliphatic heterocycles. The Bertz CT molecular complexity index is 425. The summed E-state index contributed by atoms with van der Waals surface area (Å²) >= 11 is 0. The minimum absolute atomic E-state index is 0.129. The molecular weight excluding hydrogens is 242 g/mol. The van der Waals surface area contributed by atoms with Gasteiger partial charge in [0.2, 0.25) is 0 Å². The third-order valence-corrected chi connectivity index (χ3v) is 3.15. The van der Waals surface area contributed by atoms with Gasteiger partial charge in [0.05, 0.1) is 11.6 Å². The van der Waals surface area contributed by atoms with Crippen molar-refractivity contribution in [3.63, 3.8) is 0 Å². The number of para-hydroxylation sites is 2. The number of esters is 1. The molecule has 104 valence electrons. The quantitative estimate of drug-likeness (QED) is 0.670. The molecule has 1 aromatic carbocycles. The standard InChI is InChI=1S/C15H21NO3/c1-11(2)15(17)19-14-6-4-3-5-13(14)16-12-7-9-18-10-8-12/h3-6,11-12,16H,7-10H2,1-2H3. The van der Waals surface area contributed by atoms with E-state index in [2.05, 4.69) is 5.32 Å². The minimum atomic E-state index is -0.207. The molecular formula is C15H21NO3. The topological polar surface area (TPSA) is 47.6 Å². The second kappa shape index (κ2) is 6.57. The normalized spacial score (nSPS) is 16.4. The Morgan fingerprint density at radius 2 is 2.00 bits per heavy atom. The molecule has 0 aliphatic carbocycles. The van der Waals surface area contributed by atoms with E-state index in [1.165, 1.54) is 0 Å². The summed E-state index contributed by atoms with van der Waals surface area (Å²) in [5, 5.41) is 3.44. The number of benzene rings is 1. The fraction of sp³-hybridized carbons (Fsp3) is 0.533. The summed E-state index contributed by atoms with van der Waals surface area (Å²) in [4.78, 5) is 11.7. The van der Waals surface area contributed by atoms with Gasteiger partial charge < -0.3 is 14.8 Å². The molecule has 1 aliphatic rings. The van der Waals surface area contributed by atoms with Gasteiger partial charge in [-0.15, -0.1) is 0 Å². The molecule has 1 saturated heterocycles. The third kappa shape index (κ3) is 3.96. The summed E-state index contributed by atoms with van der Waals surface area (Å²) in [6, 6.07) is 7.96. The number of anilines is 1. The monoisotopic (exact) mass is 263 g/mol. The van der Waals surface area contributed by atoms with Crippen LogP contribution >= 0.6 is 0 Å². The molecule has 1 aromatic rings. The number of hydrogen-bond acceptors (Lipinski definition) is 4. The second-order valence-corrected chi connectivity index (χ2v) is 5.10. The van der Waals surface area contributed by atoms with Crippen molar-refractivity contribution in [3.05, 3.63) is 24.3 Å². The van der Waals surface area contributed by atoms with Crippen molar-refractivity contribution >= 4 is 11.7 Å². The Hall–Kier alpha value is -1.55. The lowest BCUT2D eigenvalue weighted by Gasteiger charge is -2.25. The Balaban J connectivity index is 2.05. The van der Waals surface area contributed by atoms with Gasteiger partial charge >= 0.3 is 5.97 Å². The van der Waals surface area contributed by atoms with Gasteiger partial charge in [0.15, 0.2) is 5.75 Å². The SMILES string of the molecule is CC(C)C(=O)Oc1ccccc1NC1CCOCC1. The zero-order valence-electron chi connectivity index (χ0n) is 11.5. The first kappa shape index (κ1) is 13.9. The van der Waals surface area contributed by atoms with E-state index in [9.17, 15) is 4.79 Å². The molecule has 0 amide bonds. The van der Waals surface area contributed by atoms with Crippen LogP contribution in [-0.4, -0.2) is 25.2 Å². The molecule has 4 nitrogen and oxygen atoms in total. The molecule has 0 radical (unpaired) electrons. The highest BCUT2D eigenvalue weighted by Gasteiger charge is 2.17. The van der Waals surface area contributed by atoms with Gasteiger partial charge in [-0.25, -0.2) is 0 Å². The predicted octanol–water partition coefficient (Wildman–Crippen LogP) is 2.84. The maximum absolute atomic E-state index is 11.7. The van der Waals surface area contributed by atoms with Crippen molar-refractivity contribution in [1.29, 1.82) is 0 Å². The fourth-order valence-electron chi connectivity index (χ4n) is 1.96. The highest BCUT2D eigenvalue weighted by Crippen LogP contribution is 2.27. The van der Waals surface area contributed by atoms with Crippen LogP contribution in [0.25, 0.3) is 0 Å². The van der Waals surface area contributed by atoms with Crippen LogP contribution in [0.2, 0.25) is 0 Å². The molecule has 1 fully saturated rings. The Kier molecular flexibility index (Phi) is 4.80. The van der Waals surface area contributed by atoms with Gasteiger partial charge in [0, 0.05) is 19.3 Å². The van der Waals surface area contributed by atoms with E-state index in [1.807, 2.05) is 38.1 Å². The van der Waals surface area contributed by atoms with Crippen molar-refractivity contribution in [2.24, 2.45) is 5.92 Å². The zero-order valence-corrected chi connectivity index (χ0v) is 11.5. The number of carbonyl (C=O) groups is 1. The van der Waals surface area contributed by atoms with Crippen molar-refractivity contribution in [2.75, 3.05) is 18.5 Å². The van der Waals surface area contributed by atoms with E-state index >= 15 is 0 Å². The first-order valence-electron chi connectivity index (χ1n) is 6.82. The first-order valence-corrected chi connectivity index (χ1v) is 6.82. The van der Waals surface area contributed by atoms with E-state index in [4.69, 9.17) is 9.47 Å². The fourth-order valence-corrected chi connectivity index (χ4v) is 1.96. The highest BCUT2D eigenvalue weighted by molar-refractivity contribution is 5.76. The van der Waals surface area contributed by atoms with E-state index < -0.39 is 0 Å². The van der Waals surface area contributed by atoms with Gasteiger partial charge in [-0.1, -0.05) is 26.0 Å². The van der Waals surface area contributed by atoms with Crippen LogP contribution in [0.4, 0.5) is 5.69 Å².